The average Bonchev–Trinajstić information content (AvgIpc) is 2.34. The van der Waals surface area contributed by atoms with Gasteiger partial charge in [-0.05, 0) is 0 Å². The summed E-state index contributed by atoms with van der Waals surface area (Å²) in [7, 11) is 0. The SMILES string of the molecule is Cl.O.O.O=C(O)CC(O)(CC(=O)O)C(=O)O.O=C(O)CC(O)(CC(=O)O)C(=O)O.[NaH].[NaH].[NaH].[NaH].[NaH].[NaH]. The quantitative estimate of drug-likeness (QED) is 0.108. The predicted octanol–water partition coefficient (Wildman–Crippen LogP) is -7.62. The van der Waals surface area contributed by atoms with Crippen LogP contribution in [0, 0.1) is 0 Å². The molecule has 0 spiro atoms. The summed E-state index contributed by atoms with van der Waals surface area (Å²) >= 11 is 0. The third-order valence-corrected chi connectivity index (χ3v) is 2.57. The Balaban J connectivity index is -0.0000000291. The number of carboxylic acid groups (broad SMARTS) is 6. The van der Waals surface area contributed by atoms with E-state index in [1.807, 2.05) is 0 Å². The third kappa shape index (κ3) is 37.0. The number of aliphatic hydroxyl groups is 2. The molecular weight excluding hydrogens is 574 g/mol. The molecule has 0 aromatic carbocycles. The summed E-state index contributed by atoms with van der Waals surface area (Å²) in [5.41, 5.74) is -5.48. The molecule has 35 heavy (non-hydrogen) atoms. The molecule has 0 unspecified atom stereocenters. The van der Waals surface area contributed by atoms with Crippen molar-refractivity contribution in [2.75, 3.05) is 0 Å². The maximum absolute atomic E-state index is 10.3. The molecule has 0 amide bonds. The molecule has 0 aromatic heterocycles. The Labute approximate surface area is 337 Å². The predicted molar refractivity (Wildman–Crippen MR) is 132 cm³/mol. The summed E-state index contributed by atoms with van der Waals surface area (Å²) in [4.78, 5) is 61.0. The van der Waals surface area contributed by atoms with Crippen LogP contribution < -0.4 is 0 Å². The first-order valence-electron chi connectivity index (χ1n) is 6.34. The van der Waals surface area contributed by atoms with Gasteiger partial charge in [0.2, 0.25) is 0 Å². The van der Waals surface area contributed by atoms with Gasteiger partial charge in [0.25, 0.3) is 0 Å². The third-order valence-electron chi connectivity index (χ3n) is 2.57. The van der Waals surface area contributed by atoms with Crippen LogP contribution in [0.1, 0.15) is 25.7 Å². The molecule has 0 heterocycles. The molecule has 0 atom stereocenters. The van der Waals surface area contributed by atoms with Crippen LogP contribution in [0.2, 0.25) is 0 Å². The zero-order valence-corrected chi connectivity index (χ0v) is 15.1. The normalized spacial score (nSPS) is 8.06. The van der Waals surface area contributed by atoms with Crippen LogP contribution in [-0.4, -0.2) is 276 Å². The van der Waals surface area contributed by atoms with Gasteiger partial charge < -0.3 is 51.8 Å². The van der Waals surface area contributed by atoms with Crippen LogP contribution in [0.4, 0.5) is 0 Å². The second-order valence-corrected chi connectivity index (χ2v) is 4.96. The average molecular weight is 601 g/mol. The second-order valence-electron chi connectivity index (χ2n) is 4.96. The minimum atomic E-state index is -2.74. The Kier molecular flexibility index (Phi) is 71.3. The van der Waals surface area contributed by atoms with E-state index < -0.39 is 72.7 Å². The van der Waals surface area contributed by atoms with Gasteiger partial charge in [0.1, 0.15) is 0 Å². The van der Waals surface area contributed by atoms with E-state index in [1.54, 1.807) is 0 Å². The number of hydrogen-bond donors (Lipinski definition) is 8. The van der Waals surface area contributed by atoms with E-state index in [0.717, 1.165) is 0 Å². The number of rotatable bonds is 10. The first-order valence-corrected chi connectivity index (χ1v) is 6.34. The fourth-order valence-corrected chi connectivity index (χ4v) is 1.43. The van der Waals surface area contributed by atoms with Crippen molar-refractivity contribution in [2.24, 2.45) is 0 Å². The molecule has 0 radical (unpaired) electrons. The van der Waals surface area contributed by atoms with Gasteiger partial charge in [0, 0.05) is 0 Å². The van der Waals surface area contributed by atoms with Crippen LogP contribution >= 0.6 is 12.4 Å². The molecule has 0 rings (SSSR count). The molecule has 0 aliphatic heterocycles. The molecular formula is C12H27ClNa6O16. The molecule has 0 fully saturated rings. The van der Waals surface area contributed by atoms with Crippen LogP contribution in [0.5, 0.6) is 0 Å². The minimum absolute atomic E-state index is 0. The van der Waals surface area contributed by atoms with Crippen LogP contribution in [0.3, 0.4) is 0 Å². The van der Waals surface area contributed by atoms with Crippen molar-refractivity contribution < 1.29 is 80.6 Å². The van der Waals surface area contributed by atoms with Crippen molar-refractivity contribution in [1.82, 2.24) is 0 Å². The summed E-state index contributed by atoms with van der Waals surface area (Å²) in [5, 5.41) is 67.6. The van der Waals surface area contributed by atoms with Gasteiger partial charge in [-0.1, -0.05) is 0 Å². The summed E-state index contributed by atoms with van der Waals surface area (Å²) < 4.78 is 0. The Hall–Kier alpha value is 2.95. The van der Waals surface area contributed by atoms with Gasteiger partial charge in [-0.2, -0.15) is 0 Å². The van der Waals surface area contributed by atoms with E-state index in [4.69, 9.17) is 40.9 Å². The maximum atomic E-state index is 10.3. The van der Waals surface area contributed by atoms with E-state index in [-0.39, 0.29) is 201 Å². The fraction of sp³-hybridized carbons (Fsp3) is 0.500. The zero-order valence-electron chi connectivity index (χ0n) is 14.3. The van der Waals surface area contributed by atoms with Crippen molar-refractivity contribution in [2.45, 2.75) is 36.9 Å². The first-order chi connectivity index (χ1) is 11.6. The zero-order chi connectivity index (χ0) is 21.3. The number of aliphatic carboxylic acids is 6. The molecule has 0 saturated heterocycles. The van der Waals surface area contributed by atoms with E-state index >= 15 is 0 Å². The number of halogens is 1. The van der Waals surface area contributed by atoms with Gasteiger partial charge in [-0.15, -0.1) is 12.4 Å². The summed E-state index contributed by atoms with van der Waals surface area (Å²) in [6.45, 7) is 0. The summed E-state index contributed by atoms with van der Waals surface area (Å²) in [6, 6.07) is 0. The molecule has 0 aliphatic rings. The van der Waals surface area contributed by atoms with E-state index in [0.29, 0.717) is 0 Å². The molecule has 23 heteroatoms. The molecule has 0 aliphatic carbocycles. The van der Waals surface area contributed by atoms with Crippen molar-refractivity contribution in [3.05, 3.63) is 0 Å². The van der Waals surface area contributed by atoms with E-state index in [9.17, 15) is 28.8 Å². The van der Waals surface area contributed by atoms with Crippen LogP contribution in [0.15, 0.2) is 0 Å². The second kappa shape index (κ2) is 35.0. The van der Waals surface area contributed by atoms with Crippen molar-refractivity contribution in [1.29, 1.82) is 0 Å². The standard InChI is InChI=1S/2C6H8O7.ClH.6Na.2H2O.6H/c2*7-3(8)1-6(13,5(11)12)2-4(9)10;;;;;;;;;;;;;;;/h2*13H,1-2H2,(H,7,8)(H,9,10)(H,11,12);1H;;;;;;;2*1H2;;;;;;. The number of hydrogen-bond acceptors (Lipinski definition) is 8. The monoisotopic (exact) mass is 600 g/mol. The fourth-order valence-electron chi connectivity index (χ4n) is 1.43. The van der Waals surface area contributed by atoms with Gasteiger partial charge in [0.15, 0.2) is 11.2 Å². The van der Waals surface area contributed by atoms with Crippen molar-refractivity contribution in [3.63, 3.8) is 0 Å². The van der Waals surface area contributed by atoms with Gasteiger partial charge >= 0.3 is 213 Å². The Morgan fingerprint density at radius 1 is 0.429 bits per heavy atom. The van der Waals surface area contributed by atoms with E-state index in [1.165, 1.54) is 0 Å². The Morgan fingerprint density at radius 3 is 0.600 bits per heavy atom. The molecule has 0 saturated carbocycles. The Bertz CT molecular complexity index is 538. The van der Waals surface area contributed by atoms with Crippen LogP contribution in [0.25, 0.3) is 0 Å². The number of carboxylic acids is 6. The van der Waals surface area contributed by atoms with Crippen molar-refractivity contribution in [3.8, 4) is 0 Å². The van der Waals surface area contributed by atoms with Gasteiger partial charge in [-0.25, -0.2) is 9.59 Å². The van der Waals surface area contributed by atoms with Crippen LogP contribution in [-0.2, 0) is 28.8 Å². The molecule has 0 bridgehead atoms. The van der Waals surface area contributed by atoms with E-state index in [2.05, 4.69) is 0 Å². The summed E-state index contributed by atoms with van der Waals surface area (Å²) in [6.07, 6.45) is -4.58. The molecule has 184 valence electrons. The Morgan fingerprint density at radius 2 is 0.543 bits per heavy atom. The number of carbonyl (C=O) groups is 6. The molecule has 12 N–H and O–H groups in total. The summed E-state index contributed by atoms with van der Waals surface area (Å²) in [5.74, 6) is -10.0. The van der Waals surface area contributed by atoms with Gasteiger partial charge in [-0.3, -0.25) is 19.2 Å². The first kappa shape index (κ1) is 71.3. The molecule has 16 nitrogen and oxygen atoms in total. The molecule has 0 aromatic rings. The van der Waals surface area contributed by atoms with Crippen molar-refractivity contribution >= 4 is 226 Å². The van der Waals surface area contributed by atoms with Gasteiger partial charge in [0.05, 0.1) is 25.7 Å². The topological polar surface area (TPSA) is 327 Å².